The Bertz CT molecular complexity index is 885. The average molecular weight is 467 g/mol. The summed E-state index contributed by atoms with van der Waals surface area (Å²) in [5.74, 6) is 0.972. The highest BCUT2D eigenvalue weighted by atomic mass is 79.9. The number of fused-ring (bicyclic) bond motifs is 1. The summed E-state index contributed by atoms with van der Waals surface area (Å²) in [5.41, 5.74) is 2.47. The molecule has 0 aliphatic heterocycles. The number of rotatable bonds is 13. The van der Waals surface area contributed by atoms with Gasteiger partial charge in [-0.1, -0.05) is 111 Å². The van der Waals surface area contributed by atoms with Crippen molar-refractivity contribution in [2.24, 2.45) is 0 Å². The second kappa shape index (κ2) is 12.8. The smallest absolute Gasteiger partial charge is 0.119 e. The molecule has 0 fully saturated rings. The molecule has 0 aliphatic rings. The summed E-state index contributed by atoms with van der Waals surface area (Å²) < 4.78 is 7.06. The molecule has 3 rings (SSSR count). The maximum absolute atomic E-state index is 5.95. The van der Waals surface area contributed by atoms with E-state index in [1.807, 2.05) is 0 Å². The molecule has 1 nitrogen and oxygen atoms in total. The van der Waals surface area contributed by atoms with Gasteiger partial charge in [0, 0.05) is 4.47 Å². The van der Waals surface area contributed by atoms with Gasteiger partial charge < -0.3 is 4.74 Å². The molecule has 0 atom stereocenters. The van der Waals surface area contributed by atoms with Gasteiger partial charge in [0.2, 0.25) is 0 Å². The molecule has 160 valence electrons. The lowest BCUT2D eigenvalue weighted by atomic mass is 10.0. The first kappa shape index (κ1) is 22.9. The number of unbranched alkanes of at least 4 members (excludes halogenated alkanes) is 9. The summed E-state index contributed by atoms with van der Waals surface area (Å²) in [5, 5.41) is 2.52. The Morgan fingerprint density at radius 3 is 1.87 bits per heavy atom. The Morgan fingerprint density at radius 2 is 1.17 bits per heavy atom. The number of benzene rings is 3. The minimum absolute atomic E-state index is 0.820. The normalized spacial score (nSPS) is 11.1. The topological polar surface area (TPSA) is 9.23 Å². The molecular weight excluding hydrogens is 432 g/mol. The molecule has 0 saturated heterocycles. The maximum atomic E-state index is 5.95. The van der Waals surface area contributed by atoms with Crippen LogP contribution < -0.4 is 4.74 Å². The Kier molecular flexibility index (Phi) is 9.76. The zero-order valence-electron chi connectivity index (χ0n) is 18.3. The lowest BCUT2D eigenvalue weighted by molar-refractivity contribution is 0.304. The van der Waals surface area contributed by atoms with Crippen molar-refractivity contribution in [3.63, 3.8) is 0 Å². The van der Waals surface area contributed by atoms with Gasteiger partial charge in [-0.25, -0.2) is 0 Å². The molecule has 0 saturated carbocycles. The van der Waals surface area contributed by atoms with Crippen molar-refractivity contribution in [1.82, 2.24) is 0 Å². The fourth-order valence-corrected chi connectivity index (χ4v) is 4.30. The highest BCUT2D eigenvalue weighted by molar-refractivity contribution is 9.10. The van der Waals surface area contributed by atoms with Gasteiger partial charge in [0.1, 0.15) is 5.75 Å². The van der Waals surface area contributed by atoms with Gasteiger partial charge in [-0.3, -0.25) is 0 Å². The summed E-state index contributed by atoms with van der Waals surface area (Å²) in [4.78, 5) is 0. The zero-order valence-corrected chi connectivity index (χ0v) is 19.9. The molecule has 2 heteroatoms. The van der Waals surface area contributed by atoms with Crippen molar-refractivity contribution < 1.29 is 4.74 Å². The summed E-state index contributed by atoms with van der Waals surface area (Å²) in [7, 11) is 0. The Morgan fingerprint density at radius 1 is 0.600 bits per heavy atom. The first-order valence-electron chi connectivity index (χ1n) is 11.7. The van der Waals surface area contributed by atoms with Gasteiger partial charge in [0.25, 0.3) is 0 Å². The lowest BCUT2D eigenvalue weighted by Gasteiger charge is -2.08. The molecule has 0 spiro atoms. The van der Waals surface area contributed by atoms with Crippen LogP contribution in [0.25, 0.3) is 21.9 Å². The van der Waals surface area contributed by atoms with Crippen LogP contribution in [0, 0.1) is 0 Å². The number of hydrogen-bond acceptors (Lipinski definition) is 1. The van der Waals surface area contributed by atoms with E-state index in [9.17, 15) is 0 Å². The van der Waals surface area contributed by atoms with Crippen LogP contribution in [0.4, 0.5) is 0 Å². The Hall–Kier alpha value is -1.80. The van der Waals surface area contributed by atoms with Crippen molar-refractivity contribution in [2.45, 2.75) is 71.1 Å². The third-order valence-electron chi connectivity index (χ3n) is 5.76. The van der Waals surface area contributed by atoms with Gasteiger partial charge in [-0.05, 0) is 58.7 Å². The minimum Gasteiger partial charge on any atom is -0.494 e. The van der Waals surface area contributed by atoms with E-state index in [4.69, 9.17) is 4.74 Å². The van der Waals surface area contributed by atoms with E-state index in [2.05, 4.69) is 83.5 Å². The van der Waals surface area contributed by atoms with Crippen LogP contribution >= 0.6 is 15.9 Å². The number of hydrogen-bond donors (Lipinski definition) is 0. The van der Waals surface area contributed by atoms with Crippen LogP contribution in [-0.2, 0) is 0 Å². The van der Waals surface area contributed by atoms with Crippen molar-refractivity contribution in [3.05, 3.63) is 65.1 Å². The lowest BCUT2D eigenvalue weighted by Crippen LogP contribution is -1.97. The third-order valence-corrected chi connectivity index (χ3v) is 6.25. The molecule has 0 bridgehead atoms. The third kappa shape index (κ3) is 7.47. The average Bonchev–Trinajstić information content (AvgIpc) is 2.77. The van der Waals surface area contributed by atoms with Crippen LogP contribution in [-0.4, -0.2) is 6.61 Å². The second-order valence-corrected chi connectivity index (χ2v) is 9.18. The fourth-order valence-electron chi connectivity index (χ4n) is 3.92. The zero-order chi connectivity index (χ0) is 21.0. The molecule has 0 aromatic heterocycles. The van der Waals surface area contributed by atoms with Crippen molar-refractivity contribution >= 4 is 26.7 Å². The largest absolute Gasteiger partial charge is 0.494 e. The molecule has 0 radical (unpaired) electrons. The Labute approximate surface area is 191 Å². The van der Waals surface area contributed by atoms with Crippen molar-refractivity contribution in [2.75, 3.05) is 6.61 Å². The van der Waals surface area contributed by atoms with Crippen LogP contribution in [0.1, 0.15) is 71.1 Å². The fraction of sp³-hybridized carbons (Fsp3) is 0.429. The molecule has 3 aromatic carbocycles. The SMILES string of the molecule is CCCCCCCCCCCCOc1ccc(-c2ccc3cc(Br)ccc3c2)cc1. The molecule has 0 heterocycles. The highest BCUT2D eigenvalue weighted by Gasteiger charge is 2.02. The standard InChI is InChI=1S/C28H35BrO/c1-2-3-4-5-6-7-8-9-10-11-20-30-28-18-15-23(16-19-28)24-12-13-26-22-27(29)17-14-25(26)21-24/h12-19,21-22H,2-11,20H2,1H3. The molecule has 0 unspecified atom stereocenters. The molecule has 0 amide bonds. The van der Waals surface area contributed by atoms with Crippen LogP contribution in [0.15, 0.2) is 65.1 Å². The summed E-state index contributed by atoms with van der Waals surface area (Å²) in [6, 6.07) is 21.5. The second-order valence-electron chi connectivity index (χ2n) is 8.26. The van der Waals surface area contributed by atoms with Gasteiger partial charge in [0.05, 0.1) is 6.61 Å². The molecule has 0 N–H and O–H groups in total. The maximum Gasteiger partial charge on any atom is 0.119 e. The van der Waals surface area contributed by atoms with Gasteiger partial charge in [0.15, 0.2) is 0 Å². The molecular formula is C28H35BrO. The van der Waals surface area contributed by atoms with Gasteiger partial charge in [-0.2, -0.15) is 0 Å². The van der Waals surface area contributed by atoms with Gasteiger partial charge >= 0.3 is 0 Å². The van der Waals surface area contributed by atoms with Crippen LogP contribution in [0.5, 0.6) is 5.75 Å². The molecule has 0 aliphatic carbocycles. The first-order valence-corrected chi connectivity index (χ1v) is 12.5. The monoisotopic (exact) mass is 466 g/mol. The number of halogens is 1. The molecule has 30 heavy (non-hydrogen) atoms. The van der Waals surface area contributed by atoms with E-state index >= 15 is 0 Å². The quantitative estimate of drug-likeness (QED) is 0.227. The first-order chi connectivity index (χ1) is 14.8. The van der Waals surface area contributed by atoms with E-state index in [1.165, 1.54) is 79.7 Å². The predicted octanol–water partition coefficient (Wildman–Crippen LogP) is 9.57. The van der Waals surface area contributed by atoms with Crippen molar-refractivity contribution in [1.29, 1.82) is 0 Å². The minimum atomic E-state index is 0.820. The number of ether oxygens (including phenoxy) is 1. The predicted molar refractivity (Wildman–Crippen MR) is 134 cm³/mol. The van der Waals surface area contributed by atoms with E-state index in [0.717, 1.165) is 23.2 Å². The summed E-state index contributed by atoms with van der Waals surface area (Å²) in [6.45, 7) is 3.10. The van der Waals surface area contributed by atoms with Gasteiger partial charge in [-0.15, -0.1) is 0 Å². The van der Waals surface area contributed by atoms with E-state index in [0.29, 0.717) is 0 Å². The van der Waals surface area contributed by atoms with Crippen LogP contribution in [0.3, 0.4) is 0 Å². The van der Waals surface area contributed by atoms with Crippen LogP contribution in [0.2, 0.25) is 0 Å². The van der Waals surface area contributed by atoms with E-state index < -0.39 is 0 Å². The van der Waals surface area contributed by atoms with E-state index in [-0.39, 0.29) is 0 Å². The highest BCUT2D eigenvalue weighted by Crippen LogP contribution is 2.27. The summed E-state index contributed by atoms with van der Waals surface area (Å²) >= 11 is 3.54. The summed E-state index contributed by atoms with van der Waals surface area (Å²) in [6.07, 6.45) is 13.5. The Balaban J connectivity index is 1.35. The van der Waals surface area contributed by atoms with Crippen molar-refractivity contribution in [3.8, 4) is 16.9 Å². The van der Waals surface area contributed by atoms with E-state index in [1.54, 1.807) is 0 Å². The molecule has 3 aromatic rings.